The van der Waals surface area contributed by atoms with Gasteiger partial charge in [0, 0.05) is 0 Å². The van der Waals surface area contributed by atoms with Gasteiger partial charge < -0.3 is 10.5 Å². The number of nitrogens with zero attached hydrogens (tertiary/aromatic N) is 1. The number of likely N-dealkylation sites (tertiary alicyclic amines) is 1. The van der Waals surface area contributed by atoms with E-state index in [4.69, 9.17) is 10.5 Å². The molecule has 1 aliphatic rings. The molecule has 0 unspecified atom stereocenters. The summed E-state index contributed by atoms with van der Waals surface area (Å²) in [7, 11) is 1.86. The number of hydrogen-bond donors (Lipinski definition) is 1. The van der Waals surface area contributed by atoms with Gasteiger partial charge in [-0.05, 0) is 32.4 Å². The fraction of sp³-hybridized carbons (Fsp3) is 0.833. The average Bonchev–Trinajstić information content (AvgIpc) is 2.73. The number of rotatable bonds is 4. The molecule has 0 amide bonds. The summed E-state index contributed by atoms with van der Waals surface area (Å²) in [5.41, 5.74) is 5.71. The first-order valence-corrected chi connectivity index (χ1v) is 6.18. The first-order chi connectivity index (χ1) is 7.97. The highest BCUT2D eigenvalue weighted by Gasteiger charge is 2.32. The Kier molecular flexibility index (Phi) is 5.08. The predicted molar refractivity (Wildman–Crippen MR) is 64.2 cm³/mol. The van der Waals surface area contributed by atoms with Gasteiger partial charge in [-0.1, -0.05) is 20.3 Å². The van der Waals surface area contributed by atoms with Gasteiger partial charge in [-0.25, -0.2) is 9.59 Å². The minimum absolute atomic E-state index is 0.0246. The summed E-state index contributed by atoms with van der Waals surface area (Å²) in [4.78, 5) is 25.3. The maximum absolute atomic E-state index is 11.7. The highest BCUT2D eigenvalue weighted by molar-refractivity contribution is 5.91. The minimum atomic E-state index is -0.712. The topological polar surface area (TPSA) is 72.6 Å². The third kappa shape index (κ3) is 3.51. The summed E-state index contributed by atoms with van der Waals surface area (Å²) in [6.45, 7) is 4.69. The fourth-order valence-corrected chi connectivity index (χ4v) is 1.93. The molecule has 1 heterocycles. The van der Waals surface area contributed by atoms with Crippen molar-refractivity contribution in [1.29, 1.82) is 0 Å². The zero-order valence-electron chi connectivity index (χ0n) is 10.8. The van der Waals surface area contributed by atoms with Crippen molar-refractivity contribution in [2.75, 3.05) is 13.6 Å². The first-order valence-electron chi connectivity index (χ1n) is 6.18. The Hall–Kier alpha value is -0.940. The van der Waals surface area contributed by atoms with Crippen LogP contribution < -0.4 is 5.73 Å². The van der Waals surface area contributed by atoms with E-state index in [1.54, 1.807) is 0 Å². The van der Waals surface area contributed by atoms with Crippen LogP contribution in [0.25, 0.3) is 0 Å². The molecule has 1 aliphatic heterocycles. The number of ether oxygens (including phenoxy) is 1. The van der Waals surface area contributed by atoms with Crippen LogP contribution in [0.4, 0.5) is 0 Å². The van der Waals surface area contributed by atoms with E-state index < -0.39 is 18.0 Å². The Labute approximate surface area is 102 Å². The molecule has 0 saturated carbocycles. The van der Waals surface area contributed by atoms with Crippen LogP contribution in [0.3, 0.4) is 0 Å². The summed E-state index contributed by atoms with van der Waals surface area (Å²) in [5, 5.41) is 0. The number of esters is 2. The van der Waals surface area contributed by atoms with Crippen molar-refractivity contribution in [3.05, 3.63) is 0 Å². The van der Waals surface area contributed by atoms with Gasteiger partial charge in [0.2, 0.25) is 0 Å². The predicted octanol–water partition coefficient (Wildman–Crippen LogP) is 0.524. The first kappa shape index (κ1) is 14.1. The second kappa shape index (κ2) is 6.12. The minimum Gasteiger partial charge on any atom is -0.391 e. The second-order valence-electron chi connectivity index (χ2n) is 4.79. The van der Waals surface area contributed by atoms with Crippen molar-refractivity contribution < 1.29 is 14.3 Å². The Morgan fingerprint density at radius 1 is 1.53 bits per heavy atom. The van der Waals surface area contributed by atoms with Crippen molar-refractivity contribution in [2.45, 2.75) is 45.2 Å². The van der Waals surface area contributed by atoms with E-state index in [0.29, 0.717) is 0 Å². The molecule has 0 spiro atoms. The van der Waals surface area contributed by atoms with E-state index in [9.17, 15) is 9.59 Å². The third-order valence-electron chi connectivity index (χ3n) is 3.52. The number of nitrogens with two attached hydrogens (primary N) is 1. The van der Waals surface area contributed by atoms with Gasteiger partial charge in [0.25, 0.3) is 0 Å². The van der Waals surface area contributed by atoms with Crippen LogP contribution in [0.1, 0.15) is 33.1 Å². The summed E-state index contributed by atoms with van der Waals surface area (Å²) >= 11 is 0. The second-order valence-corrected chi connectivity index (χ2v) is 4.79. The molecule has 1 fully saturated rings. The van der Waals surface area contributed by atoms with Crippen LogP contribution in [0.5, 0.6) is 0 Å². The Morgan fingerprint density at radius 2 is 2.18 bits per heavy atom. The number of carbonyl (C=O) groups is 2. The van der Waals surface area contributed by atoms with Gasteiger partial charge >= 0.3 is 11.9 Å². The van der Waals surface area contributed by atoms with Crippen LogP contribution in [-0.4, -0.2) is 42.5 Å². The van der Waals surface area contributed by atoms with Crippen molar-refractivity contribution in [2.24, 2.45) is 11.7 Å². The lowest BCUT2D eigenvalue weighted by atomic mass is 10.0. The number of carbonyl (C=O) groups excluding carboxylic acids is 2. The largest absolute Gasteiger partial charge is 0.391 e. The Balaban J connectivity index is 2.48. The monoisotopic (exact) mass is 242 g/mol. The summed E-state index contributed by atoms with van der Waals surface area (Å²) in [5.74, 6) is -1.05. The molecule has 0 aliphatic carbocycles. The highest BCUT2D eigenvalue weighted by Crippen LogP contribution is 2.16. The molecule has 1 saturated heterocycles. The van der Waals surface area contributed by atoms with E-state index >= 15 is 0 Å². The molecular formula is C12H22N2O3. The molecule has 0 radical (unpaired) electrons. The molecule has 2 N–H and O–H groups in total. The fourth-order valence-electron chi connectivity index (χ4n) is 1.93. The molecule has 0 aromatic heterocycles. The zero-order valence-corrected chi connectivity index (χ0v) is 10.8. The molecule has 0 bridgehead atoms. The smallest absolute Gasteiger partial charge is 0.331 e. The molecule has 5 nitrogen and oxygen atoms in total. The van der Waals surface area contributed by atoms with E-state index in [-0.39, 0.29) is 12.0 Å². The van der Waals surface area contributed by atoms with E-state index in [1.807, 2.05) is 25.8 Å². The van der Waals surface area contributed by atoms with Crippen molar-refractivity contribution in [3.63, 3.8) is 0 Å². The van der Waals surface area contributed by atoms with Gasteiger partial charge in [-0.3, -0.25) is 4.90 Å². The molecular weight excluding hydrogens is 220 g/mol. The Morgan fingerprint density at radius 3 is 2.65 bits per heavy atom. The molecule has 5 heteroatoms. The zero-order chi connectivity index (χ0) is 13.0. The van der Waals surface area contributed by atoms with E-state index in [1.165, 1.54) is 0 Å². The van der Waals surface area contributed by atoms with Crippen LogP contribution in [-0.2, 0) is 14.3 Å². The third-order valence-corrected chi connectivity index (χ3v) is 3.52. The molecule has 98 valence electrons. The van der Waals surface area contributed by atoms with Gasteiger partial charge in [-0.2, -0.15) is 0 Å². The molecule has 0 aromatic rings. The van der Waals surface area contributed by atoms with Gasteiger partial charge in [0.05, 0.1) is 0 Å². The average molecular weight is 242 g/mol. The van der Waals surface area contributed by atoms with Crippen LogP contribution in [0.15, 0.2) is 0 Å². The summed E-state index contributed by atoms with van der Waals surface area (Å²) < 4.78 is 4.84. The number of likely N-dealkylation sites (N-methyl/N-ethyl adjacent to an activating group) is 1. The van der Waals surface area contributed by atoms with E-state index in [2.05, 4.69) is 0 Å². The Bertz CT molecular complexity index is 293. The number of hydrogen-bond acceptors (Lipinski definition) is 5. The maximum atomic E-state index is 11.7. The van der Waals surface area contributed by atoms with Crippen molar-refractivity contribution in [3.8, 4) is 0 Å². The molecule has 3 atom stereocenters. The highest BCUT2D eigenvalue weighted by atomic mass is 16.6. The normalized spacial score (nSPS) is 24.4. The molecule has 17 heavy (non-hydrogen) atoms. The standard InChI is InChI=1S/C12H22N2O3/c1-4-8(2)10(13)12(16)17-11(15)9-6-5-7-14(9)3/h8-10H,4-7,13H2,1-3H3/t8-,9+,10-/m1/s1. The molecule has 1 rings (SSSR count). The van der Waals surface area contributed by atoms with Crippen molar-refractivity contribution in [1.82, 2.24) is 4.90 Å². The van der Waals surface area contributed by atoms with Gasteiger partial charge in [0.15, 0.2) is 0 Å². The van der Waals surface area contributed by atoms with Crippen LogP contribution in [0, 0.1) is 5.92 Å². The van der Waals surface area contributed by atoms with Crippen LogP contribution >= 0.6 is 0 Å². The molecule has 0 aromatic carbocycles. The lowest BCUT2D eigenvalue weighted by molar-refractivity contribution is -0.164. The summed E-state index contributed by atoms with van der Waals surface area (Å²) in [6, 6.07) is -1.00. The lowest BCUT2D eigenvalue weighted by Gasteiger charge is -2.20. The lowest BCUT2D eigenvalue weighted by Crippen LogP contribution is -2.42. The van der Waals surface area contributed by atoms with Crippen molar-refractivity contribution >= 4 is 11.9 Å². The maximum Gasteiger partial charge on any atom is 0.331 e. The SMILES string of the molecule is CC[C@@H](C)[C@@H](N)C(=O)OC(=O)[C@@H]1CCCN1C. The van der Waals surface area contributed by atoms with E-state index in [0.717, 1.165) is 25.8 Å². The summed E-state index contributed by atoms with van der Waals surface area (Å²) in [6.07, 6.45) is 2.50. The van der Waals surface area contributed by atoms with Gasteiger partial charge in [-0.15, -0.1) is 0 Å². The van der Waals surface area contributed by atoms with Crippen LogP contribution in [0.2, 0.25) is 0 Å². The quantitative estimate of drug-likeness (QED) is 0.575. The van der Waals surface area contributed by atoms with Gasteiger partial charge in [0.1, 0.15) is 12.1 Å².